The molecule has 106 valence electrons. The molecule has 0 aliphatic heterocycles. The Morgan fingerprint density at radius 1 is 1.55 bits per heavy atom. The minimum absolute atomic E-state index is 0.124. The standard InChI is InChI=1S/C14H16N2O3S/c1-16(7-11-8-20-9-15-11)13(14(18)19-2)10-4-3-5-12(17)6-10/h3-6,8-9,13,17H,7H2,1-2H3/t13-/m0/s1. The van der Waals surface area contributed by atoms with Gasteiger partial charge in [0.1, 0.15) is 11.8 Å². The fourth-order valence-corrected chi connectivity index (χ4v) is 2.59. The minimum Gasteiger partial charge on any atom is -0.508 e. The third kappa shape index (κ3) is 3.34. The highest BCUT2D eigenvalue weighted by Crippen LogP contribution is 2.25. The zero-order valence-electron chi connectivity index (χ0n) is 11.3. The summed E-state index contributed by atoms with van der Waals surface area (Å²) >= 11 is 1.51. The number of esters is 1. The van der Waals surface area contributed by atoms with Crippen molar-refractivity contribution in [1.29, 1.82) is 0 Å². The predicted molar refractivity (Wildman–Crippen MR) is 76.4 cm³/mol. The fourth-order valence-electron chi connectivity index (χ4n) is 2.04. The van der Waals surface area contributed by atoms with Crippen molar-refractivity contribution < 1.29 is 14.6 Å². The number of likely N-dealkylation sites (N-methyl/N-ethyl adjacent to an activating group) is 1. The molecule has 5 nitrogen and oxygen atoms in total. The van der Waals surface area contributed by atoms with Crippen molar-refractivity contribution in [2.24, 2.45) is 0 Å². The van der Waals surface area contributed by atoms with Crippen molar-refractivity contribution in [3.8, 4) is 5.75 Å². The SMILES string of the molecule is COC(=O)[C@H](c1cccc(O)c1)N(C)Cc1cscn1. The second kappa shape index (κ2) is 6.49. The smallest absolute Gasteiger partial charge is 0.327 e. The second-order valence-corrected chi connectivity index (χ2v) is 5.13. The summed E-state index contributed by atoms with van der Waals surface area (Å²) in [5, 5.41) is 11.5. The van der Waals surface area contributed by atoms with E-state index in [2.05, 4.69) is 4.98 Å². The summed E-state index contributed by atoms with van der Waals surface area (Å²) in [4.78, 5) is 18.1. The number of rotatable bonds is 5. The van der Waals surface area contributed by atoms with E-state index in [0.717, 1.165) is 5.69 Å². The third-order valence-electron chi connectivity index (χ3n) is 2.95. The van der Waals surface area contributed by atoms with Gasteiger partial charge in [-0.1, -0.05) is 12.1 Å². The number of benzene rings is 1. The molecule has 0 amide bonds. The van der Waals surface area contributed by atoms with Crippen molar-refractivity contribution in [3.63, 3.8) is 0 Å². The Morgan fingerprint density at radius 2 is 2.35 bits per heavy atom. The summed E-state index contributed by atoms with van der Waals surface area (Å²) in [6.45, 7) is 0.527. The van der Waals surface area contributed by atoms with Crippen LogP contribution in [0.15, 0.2) is 35.2 Å². The maximum Gasteiger partial charge on any atom is 0.327 e. The first kappa shape index (κ1) is 14.5. The topological polar surface area (TPSA) is 62.7 Å². The number of ether oxygens (including phenoxy) is 1. The van der Waals surface area contributed by atoms with Gasteiger partial charge in [0, 0.05) is 11.9 Å². The maximum absolute atomic E-state index is 12.0. The number of thiazole rings is 1. The minimum atomic E-state index is -0.575. The molecule has 1 N–H and O–H groups in total. The maximum atomic E-state index is 12.0. The molecule has 0 spiro atoms. The molecule has 0 bridgehead atoms. The van der Waals surface area contributed by atoms with Crippen LogP contribution in [0.25, 0.3) is 0 Å². The van der Waals surface area contributed by atoms with Gasteiger partial charge >= 0.3 is 5.97 Å². The van der Waals surface area contributed by atoms with Crippen LogP contribution in [0, 0.1) is 0 Å². The molecule has 0 unspecified atom stereocenters. The molecule has 0 aliphatic rings. The van der Waals surface area contributed by atoms with E-state index >= 15 is 0 Å². The number of carbonyl (C=O) groups excluding carboxylic acids is 1. The molecule has 1 aromatic heterocycles. The highest BCUT2D eigenvalue weighted by molar-refractivity contribution is 7.07. The van der Waals surface area contributed by atoms with Crippen LogP contribution in [-0.2, 0) is 16.1 Å². The van der Waals surface area contributed by atoms with Gasteiger partial charge in [0.15, 0.2) is 0 Å². The zero-order chi connectivity index (χ0) is 14.5. The van der Waals surface area contributed by atoms with Gasteiger partial charge in [-0.05, 0) is 24.7 Å². The number of phenols is 1. The van der Waals surface area contributed by atoms with Crippen molar-refractivity contribution in [2.45, 2.75) is 12.6 Å². The molecule has 0 saturated heterocycles. The van der Waals surface area contributed by atoms with Crippen LogP contribution < -0.4 is 0 Å². The van der Waals surface area contributed by atoms with Gasteiger partial charge in [-0.3, -0.25) is 4.90 Å². The highest BCUT2D eigenvalue weighted by atomic mass is 32.1. The normalized spacial score (nSPS) is 12.3. The number of hydrogen-bond acceptors (Lipinski definition) is 6. The van der Waals surface area contributed by atoms with E-state index in [1.807, 2.05) is 17.3 Å². The van der Waals surface area contributed by atoms with Crippen LogP contribution in [0.2, 0.25) is 0 Å². The van der Waals surface area contributed by atoms with Crippen LogP contribution in [0.5, 0.6) is 5.75 Å². The molecule has 2 aromatic rings. The third-order valence-corrected chi connectivity index (χ3v) is 3.58. The molecule has 1 aromatic carbocycles. The van der Waals surface area contributed by atoms with Gasteiger partial charge in [-0.15, -0.1) is 11.3 Å². The van der Waals surface area contributed by atoms with E-state index in [-0.39, 0.29) is 11.7 Å². The molecule has 0 aliphatic carbocycles. The van der Waals surface area contributed by atoms with Crippen LogP contribution in [0.3, 0.4) is 0 Å². The quantitative estimate of drug-likeness (QED) is 0.856. The molecule has 0 saturated carbocycles. The first-order valence-corrected chi connectivity index (χ1v) is 7.00. The van der Waals surface area contributed by atoms with Gasteiger partial charge in [-0.2, -0.15) is 0 Å². The summed E-state index contributed by atoms with van der Waals surface area (Å²) in [6.07, 6.45) is 0. The lowest BCUT2D eigenvalue weighted by Crippen LogP contribution is -2.31. The first-order valence-electron chi connectivity index (χ1n) is 6.06. The van der Waals surface area contributed by atoms with Gasteiger partial charge in [0.05, 0.1) is 18.3 Å². The lowest BCUT2D eigenvalue weighted by atomic mass is 10.1. The predicted octanol–water partition coefficient (Wildman–Crippen LogP) is 2.19. The Balaban J connectivity index is 2.25. The Labute approximate surface area is 121 Å². The van der Waals surface area contributed by atoms with Crippen molar-refractivity contribution in [2.75, 3.05) is 14.2 Å². The number of aromatic hydroxyl groups is 1. The Bertz CT molecular complexity index is 572. The van der Waals surface area contributed by atoms with E-state index in [1.54, 1.807) is 29.8 Å². The molecule has 0 radical (unpaired) electrons. The van der Waals surface area contributed by atoms with E-state index in [4.69, 9.17) is 4.74 Å². The fraction of sp³-hybridized carbons (Fsp3) is 0.286. The number of carbonyl (C=O) groups is 1. The zero-order valence-corrected chi connectivity index (χ0v) is 12.1. The molecular weight excluding hydrogens is 276 g/mol. The van der Waals surface area contributed by atoms with Crippen LogP contribution in [-0.4, -0.2) is 35.1 Å². The lowest BCUT2D eigenvalue weighted by molar-refractivity contribution is -0.147. The van der Waals surface area contributed by atoms with Gasteiger partial charge in [0.25, 0.3) is 0 Å². The number of nitrogens with zero attached hydrogens (tertiary/aromatic N) is 2. The van der Waals surface area contributed by atoms with Gasteiger partial charge < -0.3 is 9.84 Å². The molecule has 1 heterocycles. The summed E-state index contributed by atoms with van der Waals surface area (Å²) in [5.41, 5.74) is 3.34. The van der Waals surface area contributed by atoms with Crippen LogP contribution in [0.1, 0.15) is 17.3 Å². The lowest BCUT2D eigenvalue weighted by Gasteiger charge is -2.25. The van der Waals surface area contributed by atoms with Gasteiger partial charge in [-0.25, -0.2) is 9.78 Å². The average molecular weight is 292 g/mol. The van der Waals surface area contributed by atoms with Crippen molar-refractivity contribution in [3.05, 3.63) is 46.4 Å². The van der Waals surface area contributed by atoms with Crippen molar-refractivity contribution in [1.82, 2.24) is 9.88 Å². The van der Waals surface area contributed by atoms with E-state index in [0.29, 0.717) is 12.1 Å². The number of methoxy groups -OCH3 is 1. The molecule has 6 heteroatoms. The Kier molecular flexibility index (Phi) is 4.70. The molecule has 1 atom stereocenters. The average Bonchev–Trinajstić information content (AvgIpc) is 2.91. The van der Waals surface area contributed by atoms with E-state index < -0.39 is 6.04 Å². The van der Waals surface area contributed by atoms with Gasteiger partial charge in [0.2, 0.25) is 0 Å². The summed E-state index contributed by atoms with van der Waals surface area (Å²) in [5.74, 6) is -0.244. The van der Waals surface area contributed by atoms with E-state index in [1.165, 1.54) is 18.4 Å². The monoisotopic (exact) mass is 292 g/mol. The molecule has 20 heavy (non-hydrogen) atoms. The molecular formula is C14H16N2O3S. The Hall–Kier alpha value is -1.92. The molecule has 0 fully saturated rings. The van der Waals surface area contributed by atoms with E-state index in [9.17, 15) is 9.90 Å². The first-order chi connectivity index (χ1) is 9.61. The highest BCUT2D eigenvalue weighted by Gasteiger charge is 2.26. The van der Waals surface area contributed by atoms with Crippen molar-refractivity contribution >= 4 is 17.3 Å². The summed E-state index contributed by atoms with van der Waals surface area (Å²) in [6, 6.07) is 6.06. The Morgan fingerprint density at radius 3 is 2.95 bits per heavy atom. The van der Waals surface area contributed by atoms with Crippen LogP contribution >= 0.6 is 11.3 Å². The second-order valence-electron chi connectivity index (χ2n) is 4.42. The number of aromatic nitrogens is 1. The van der Waals surface area contributed by atoms with Crippen LogP contribution in [0.4, 0.5) is 0 Å². The summed E-state index contributed by atoms with van der Waals surface area (Å²) in [7, 11) is 3.18. The number of phenolic OH excluding ortho intramolecular Hbond substituents is 1. The summed E-state index contributed by atoms with van der Waals surface area (Å²) < 4.78 is 4.87. The molecule has 2 rings (SSSR count). The largest absolute Gasteiger partial charge is 0.508 e. The number of hydrogen-bond donors (Lipinski definition) is 1.